The standard InChI is InChI=1S/C30H35N5O4/c1-18(19-7-4-3-5-8-19)39-24-10-6-9-20(13-24)21-11-22(14-23(36)12-21)35-29(27(16-31-35)30(37)38)26-15-25(26)28-17-34(2)33-32-28/h6,9-14,16-19,25-26,32-33,36H,3-5,7-8,15H2,1-2H3,(H,37,38)/t18?,25-,26-/m0/s1. The van der Waals surface area contributed by atoms with Crippen molar-refractivity contribution in [3.05, 3.63) is 71.8 Å². The van der Waals surface area contributed by atoms with E-state index >= 15 is 0 Å². The number of aromatic nitrogens is 2. The topological polar surface area (TPSA) is 112 Å². The van der Waals surface area contributed by atoms with Gasteiger partial charge in [0.2, 0.25) is 0 Å². The maximum Gasteiger partial charge on any atom is 0.339 e. The van der Waals surface area contributed by atoms with Gasteiger partial charge in [-0.15, -0.1) is 5.53 Å². The van der Waals surface area contributed by atoms with E-state index in [1.165, 1.54) is 38.3 Å². The highest BCUT2D eigenvalue weighted by Gasteiger charge is 2.46. The van der Waals surface area contributed by atoms with E-state index in [0.717, 1.165) is 29.0 Å². The molecule has 9 heteroatoms. The molecule has 0 saturated heterocycles. The Hall–Kier alpha value is -3.98. The minimum atomic E-state index is -1.01. The number of aromatic carboxylic acids is 1. The third kappa shape index (κ3) is 5.18. The van der Waals surface area contributed by atoms with Crippen molar-refractivity contribution in [2.24, 2.45) is 11.8 Å². The lowest BCUT2D eigenvalue weighted by Crippen LogP contribution is -2.33. The SMILES string of the molecule is CC(Oc1cccc(-c2cc(O)cc(-n3ncc(C(=O)O)c3[C@H]3C[C@@H]3C3=CN(C)NN3)c2)c1)C1CCCCC1. The van der Waals surface area contributed by atoms with E-state index in [1.54, 1.807) is 16.8 Å². The fourth-order valence-corrected chi connectivity index (χ4v) is 6.09. The molecule has 9 nitrogen and oxygen atoms in total. The van der Waals surface area contributed by atoms with Gasteiger partial charge in [0.25, 0.3) is 0 Å². The Morgan fingerprint density at radius 1 is 1.10 bits per heavy atom. The van der Waals surface area contributed by atoms with Gasteiger partial charge in [-0.2, -0.15) is 5.10 Å². The van der Waals surface area contributed by atoms with Crippen LogP contribution in [-0.4, -0.2) is 44.1 Å². The van der Waals surface area contributed by atoms with Crippen LogP contribution in [0, 0.1) is 11.8 Å². The highest BCUT2D eigenvalue weighted by molar-refractivity contribution is 5.89. The molecule has 4 N–H and O–H groups in total. The molecule has 0 bridgehead atoms. The van der Waals surface area contributed by atoms with Crippen molar-refractivity contribution in [2.75, 3.05) is 7.05 Å². The molecule has 3 atom stereocenters. The molecular weight excluding hydrogens is 494 g/mol. The number of rotatable bonds is 8. The zero-order valence-corrected chi connectivity index (χ0v) is 22.3. The van der Waals surface area contributed by atoms with E-state index in [1.807, 2.05) is 48.6 Å². The van der Waals surface area contributed by atoms with Crippen molar-refractivity contribution < 1.29 is 19.7 Å². The predicted molar refractivity (Wildman–Crippen MR) is 147 cm³/mol. The summed E-state index contributed by atoms with van der Waals surface area (Å²) in [6.45, 7) is 2.16. The van der Waals surface area contributed by atoms with Crippen molar-refractivity contribution in [3.8, 4) is 28.3 Å². The van der Waals surface area contributed by atoms with Crippen LogP contribution in [0.5, 0.6) is 11.5 Å². The largest absolute Gasteiger partial charge is 0.508 e. The number of hydrazine groups is 2. The quantitative estimate of drug-likeness (QED) is 0.316. The van der Waals surface area contributed by atoms with Crippen molar-refractivity contribution in [3.63, 3.8) is 0 Å². The summed E-state index contributed by atoms with van der Waals surface area (Å²) in [7, 11) is 1.90. The zero-order chi connectivity index (χ0) is 27.1. The first-order valence-corrected chi connectivity index (χ1v) is 13.8. The molecule has 1 unspecified atom stereocenters. The molecule has 39 heavy (non-hydrogen) atoms. The van der Waals surface area contributed by atoms with Crippen LogP contribution in [-0.2, 0) is 0 Å². The number of allylic oxidation sites excluding steroid dienone is 1. The Kier molecular flexibility index (Phi) is 6.68. The normalized spacial score (nSPS) is 21.8. The van der Waals surface area contributed by atoms with E-state index in [9.17, 15) is 15.0 Å². The number of aromatic hydroxyl groups is 1. The fraction of sp³-hybridized carbons (Fsp3) is 0.400. The van der Waals surface area contributed by atoms with Crippen LogP contribution in [0.2, 0.25) is 0 Å². The van der Waals surface area contributed by atoms with Gasteiger partial charge in [-0.05, 0) is 67.5 Å². The monoisotopic (exact) mass is 529 g/mol. The van der Waals surface area contributed by atoms with E-state index < -0.39 is 5.97 Å². The molecule has 2 saturated carbocycles. The van der Waals surface area contributed by atoms with E-state index in [4.69, 9.17) is 4.74 Å². The minimum absolute atomic E-state index is 0.00514. The number of carbonyl (C=O) groups is 1. The van der Waals surface area contributed by atoms with Gasteiger partial charge in [0, 0.05) is 36.8 Å². The number of ether oxygens (including phenoxy) is 1. The second-order valence-corrected chi connectivity index (χ2v) is 11.0. The highest BCUT2D eigenvalue weighted by atomic mass is 16.5. The predicted octanol–water partition coefficient (Wildman–Crippen LogP) is 5.19. The van der Waals surface area contributed by atoms with Crippen LogP contribution < -0.4 is 15.7 Å². The third-order valence-electron chi connectivity index (χ3n) is 8.24. The lowest BCUT2D eigenvalue weighted by molar-refractivity contribution is 0.0695. The molecular formula is C30H35N5O4. The van der Waals surface area contributed by atoms with Crippen molar-refractivity contribution in [1.29, 1.82) is 0 Å². The number of hydrogen-bond acceptors (Lipinski definition) is 7. The summed E-state index contributed by atoms with van der Waals surface area (Å²) in [4.78, 5) is 12.1. The zero-order valence-electron chi connectivity index (χ0n) is 22.3. The summed E-state index contributed by atoms with van der Waals surface area (Å²) in [6, 6.07) is 13.2. The van der Waals surface area contributed by atoms with Crippen LogP contribution in [0.15, 0.2) is 60.6 Å². The third-order valence-corrected chi connectivity index (χ3v) is 8.24. The molecule has 3 aliphatic rings. The maximum atomic E-state index is 12.1. The van der Waals surface area contributed by atoms with Gasteiger partial charge in [-0.1, -0.05) is 31.4 Å². The number of carboxylic acid groups (broad SMARTS) is 1. The van der Waals surface area contributed by atoms with Gasteiger partial charge in [0.1, 0.15) is 17.1 Å². The van der Waals surface area contributed by atoms with Gasteiger partial charge < -0.3 is 20.4 Å². The maximum absolute atomic E-state index is 12.1. The summed E-state index contributed by atoms with van der Waals surface area (Å²) < 4.78 is 8.01. The smallest absolute Gasteiger partial charge is 0.339 e. The number of phenolic OH excluding ortho intramolecular Hbond substituents is 1. The van der Waals surface area contributed by atoms with Gasteiger partial charge in [0.05, 0.1) is 23.7 Å². The van der Waals surface area contributed by atoms with Crippen molar-refractivity contribution in [2.45, 2.75) is 57.5 Å². The molecule has 1 aromatic heterocycles. The Balaban J connectivity index is 1.30. The van der Waals surface area contributed by atoms with Crippen LogP contribution in [0.1, 0.15) is 67.4 Å². The molecule has 204 valence electrons. The highest BCUT2D eigenvalue weighted by Crippen LogP contribution is 2.52. The van der Waals surface area contributed by atoms with Crippen molar-refractivity contribution in [1.82, 2.24) is 25.7 Å². The van der Waals surface area contributed by atoms with Gasteiger partial charge in [-0.3, -0.25) is 5.01 Å². The van der Waals surface area contributed by atoms with Crippen molar-refractivity contribution >= 4 is 5.97 Å². The molecule has 0 amide bonds. The average Bonchev–Trinajstić information content (AvgIpc) is 3.37. The molecule has 1 aliphatic heterocycles. The lowest BCUT2D eigenvalue weighted by Gasteiger charge is -2.28. The first-order chi connectivity index (χ1) is 18.9. The van der Waals surface area contributed by atoms with Crippen LogP contribution in [0.3, 0.4) is 0 Å². The first kappa shape index (κ1) is 25.3. The molecule has 3 aromatic rings. The van der Waals surface area contributed by atoms with E-state index in [2.05, 4.69) is 23.0 Å². The molecule has 6 rings (SSSR count). The Morgan fingerprint density at radius 2 is 1.92 bits per heavy atom. The number of nitrogens with zero attached hydrogens (tertiary/aromatic N) is 3. The lowest BCUT2D eigenvalue weighted by atomic mass is 9.86. The van der Waals surface area contributed by atoms with Crippen LogP contribution >= 0.6 is 0 Å². The number of hydrogen-bond donors (Lipinski definition) is 4. The molecule has 2 heterocycles. The number of nitrogens with one attached hydrogen (secondary N) is 2. The minimum Gasteiger partial charge on any atom is -0.508 e. The Labute approximate surface area is 228 Å². The van der Waals surface area contributed by atoms with E-state index in [-0.39, 0.29) is 29.3 Å². The molecule has 0 spiro atoms. The second-order valence-electron chi connectivity index (χ2n) is 11.0. The van der Waals surface area contributed by atoms with Crippen LogP contribution in [0.4, 0.5) is 0 Å². The summed E-state index contributed by atoms with van der Waals surface area (Å²) in [5.41, 5.74) is 10.3. The Bertz CT molecular complexity index is 1410. The Morgan fingerprint density at radius 3 is 2.67 bits per heavy atom. The van der Waals surface area contributed by atoms with Gasteiger partial charge in [-0.25, -0.2) is 9.48 Å². The summed E-state index contributed by atoms with van der Waals surface area (Å²) in [6.07, 6.45) is 10.6. The second kappa shape index (κ2) is 10.3. The number of benzene rings is 2. The summed E-state index contributed by atoms with van der Waals surface area (Å²) in [5, 5.41) is 26.9. The van der Waals surface area contributed by atoms with E-state index in [0.29, 0.717) is 17.3 Å². The van der Waals surface area contributed by atoms with Gasteiger partial charge >= 0.3 is 5.97 Å². The summed E-state index contributed by atoms with van der Waals surface area (Å²) >= 11 is 0. The summed E-state index contributed by atoms with van der Waals surface area (Å²) in [5.74, 6) is 0.611. The van der Waals surface area contributed by atoms with Gasteiger partial charge in [0.15, 0.2) is 0 Å². The average molecular weight is 530 g/mol. The molecule has 2 aromatic carbocycles. The number of phenols is 1. The molecule has 2 fully saturated rings. The fourth-order valence-electron chi connectivity index (χ4n) is 6.09. The number of carboxylic acids is 1. The first-order valence-electron chi connectivity index (χ1n) is 13.8. The molecule has 0 radical (unpaired) electrons. The molecule has 2 aliphatic carbocycles. The van der Waals surface area contributed by atoms with Crippen LogP contribution in [0.25, 0.3) is 16.8 Å².